The monoisotopic (exact) mass is 264 g/mol. The maximum atomic E-state index is 13.6. The minimum Gasteiger partial charge on any atom is -0.494 e. The summed E-state index contributed by atoms with van der Waals surface area (Å²) in [7, 11) is 1.44. The lowest BCUT2D eigenvalue weighted by Crippen LogP contribution is -2.16. The molecule has 2 rings (SSSR count). The van der Waals surface area contributed by atoms with Crippen LogP contribution in [0.1, 0.15) is 12.8 Å². The molecular formula is C14H17FN2O2. The number of nitrogens with zero attached hydrogens (tertiary/aromatic N) is 1. The topological polar surface area (TPSA) is 47.3 Å². The van der Waals surface area contributed by atoms with Gasteiger partial charge in [0.2, 0.25) is 0 Å². The van der Waals surface area contributed by atoms with Crippen molar-refractivity contribution in [1.82, 2.24) is 10.3 Å². The Bertz CT molecular complexity index is 540. The van der Waals surface area contributed by atoms with Gasteiger partial charge in [-0.05, 0) is 24.7 Å². The standard InChI is InChI=1S/C14H17FN2O2/c1-3-16-7-6-14-17-9-13(19-14)10-4-5-12(18-2)11(15)8-10/h4-5,8-9,16H,3,6-7H2,1-2H3. The molecule has 2 aromatic rings. The second kappa shape index (κ2) is 6.33. The van der Waals surface area contributed by atoms with Gasteiger partial charge >= 0.3 is 0 Å². The fraction of sp³-hybridized carbons (Fsp3) is 0.357. The van der Waals surface area contributed by atoms with Crippen molar-refractivity contribution >= 4 is 0 Å². The highest BCUT2D eigenvalue weighted by Gasteiger charge is 2.09. The third-order valence-corrected chi connectivity index (χ3v) is 2.76. The first-order chi connectivity index (χ1) is 9.24. The summed E-state index contributed by atoms with van der Waals surface area (Å²) in [5.74, 6) is 1.02. The molecule has 0 fully saturated rings. The Hall–Kier alpha value is -1.88. The number of ether oxygens (including phenoxy) is 1. The van der Waals surface area contributed by atoms with Gasteiger partial charge in [0, 0.05) is 18.5 Å². The van der Waals surface area contributed by atoms with Crippen LogP contribution >= 0.6 is 0 Å². The van der Waals surface area contributed by atoms with Crippen molar-refractivity contribution in [3.63, 3.8) is 0 Å². The zero-order chi connectivity index (χ0) is 13.7. The maximum Gasteiger partial charge on any atom is 0.196 e. The molecule has 1 aromatic carbocycles. The Kier molecular flexibility index (Phi) is 4.52. The number of benzene rings is 1. The van der Waals surface area contributed by atoms with Crippen LogP contribution in [-0.4, -0.2) is 25.2 Å². The second-order valence-corrected chi connectivity index (χ2v) is 4.07. The first-order valence-electron chi connectivity index (χ1n) is 6.24. The molecule has 0 bridgehead atoms. The minimum absolute atomic E-state index is 0.218. The SMILES string of the molecule is CCNCCc1ncc(-c2ccc(OC)c(F)c2)o1. The minimum atomic E-state index is -0.411. The van der Waals surface area contributed by atoms with Crippen molar-refractivity contribution in [2.45, 2.75) is 13.3 Å². The average Bonchev–Trinajstić information content (AvgIpc) is 2.88. The zero-order valence-corrected chi connectivity index (χ0v) is 11.1. The van der Waals surface area contributed by atoms with Gasteiger partial charge in [-0.15, -0.1) is 0 Å². The molecule has 1 aromatic heterocycles. The van der Waals surface area contributed by atoms with E-state index in [-0.39, 0.29) is 5.75 Å². The number of halogens is 1. The molecule has 19 heavy (non-hydrogen) atoms. The van der Waals surface area contributed by atoms with Crippen molar-refractivity contribution < 1.29 is 13.5 Å². The molecule has 4 nitrogen and oxygen atoms in total. The van der Waals surface area contributed by atoms with Gasteiger partial charge in [0.1, 0.15) is 0 Å². The van der Waals surface area contributed by atoms with E-state index in [2.05, 4.69) is 10.3 Å². The molecule has 0 spiro atoms. The molecule has 102 valence electrons. The fourth-order valence-corrected chi connectivity index (χ4v) is 1.75. The number of aromatic nitrogens is 1. The molecule has 0 unspecified atom stereocenters. The molecule has 0 saturated heterocycles. The number of methoxy groups -OCH3 is 1. The lowest BCUT2D eigenvalue weighted by atomic mass is 10.2. The van der Waals surface area contributed by atoms with E-state index in [1.165, 1.54) is 13.2 Å². The van der Waals surface area contributed by atoms with E-state index >= 15 is 0 Å². The van der Waals surface area contributed by atoms with Gasteiger partial charge in [-0.25, -0.2) is 9.37 Å². The highest BCUT2D eigenvalue weighted by molar-refractivity contribution is 5.57. The zero-order valence-electron chi connectivity index (χ0n) is 11.1. The summed E-state index contributed by atoms with van der Waals surface area (Å²) in [6.07, 6.45) is 2.33. The number of rotatable bonds is 6. The normalized spacial score (nSPS) is 10.7. The lowest BCUT2D eigenvalue weighted by Gasteiger charge is -2.02. The molecule has 0 saturated carbocycles. The number of hydrogen-bond acceptors (Lipinski definition) is 4. The van der Waals surface area contributed by atoms with Gasteiger partial charge in [-0.1, -0.05) is 6.92 Å². The van der Waals surface area contributed by atoms with Crippen LogP contribution in [0.2, 0.25) is 0 Å². The molecule has 0 radical (unpaired) electrons. The number of oxazole rings is 1. The van der Waals surface area contributed by atoms with E-state index in [1.54, 1.807) is 18.3 Å². The summed E-state index contributed by atoms with van der Waals surface area (Å²) in [4.78, 5) is 4.18. The van der Waals surface area contributed by atoms with E-state index in [4.69, 9.17) is 9.15 Å². The van der Waals surface area contributed by atoms with Gasteiger partial charge in [-0.2, -0.15) is 0 Å². The summed E-state index contributed by atoms with van der Waals surface area (Å²) in [5.41, 5.74) is 0.653. The summed E-state index contributed by atoms with van der Waals surface area (Å²) in [6.45, 7) is 3.77. The highest BCUT2D eigenvalue weighted by atomic mass is 19.1. The van der Waals surface area contributed by atoms with Gasteiger partial charge in [0.15, 0.2) is 23.2 Å². The smallest absolute Gasteiger partial charge is 0.196 e. The van der Waals surface area contributed by atoms with Gasteiger partial charge in [0.25, 0.3) is 0 Å². The largest absolute Gasteiger partial charge is 0.494 e. The highest BCUT2D eigenvalue weighted by Crippen LogP contribution is 2.26. The van der Waals surface area contributed by atoms with E-state index in [9.17, 15) is 4.39 Å². The molecule has 0 aliphatic heterocycles. The van der Waals surface area contributed by atoms with Crippen LogP contribution in [-0.2, 0) is 6.42 Å². The van der Waals surface area contributed by atoms with Crippen LogP contribution in [0.3, 0.4) is 0 Å². The molecule has 0 amide bonds. The molecule has 0 aliphatic carbocycles. The van der Waals surface area contributed by atoms with E-state index < -0.39 is 5.82 Å². The van der Waals surface area contributed by atoms with Crippen molar-refractivity contribution in [2.75, 3.05) is 20.2 Å². The van der Waals surface area contributed by atoms with Gasteiger partial charge < -0.3 is 14.5 Å². The average molecular weight is 264 g/mol. The van der Waals surface area contributed by atoms with Crippen LogP contribution in [0, 0.1) is 5.82 Å². The van der Waals surface area contributed by atoms with Crippen molar-refractivity contribution in [3.05, 3.63) is 36.1 Å². The molecule has 1 N–H and O–H groups in total. The first kappa shape index (κ1) is 13.5. The third kappa shape index (κ3) is 3.32. The Morgan fingerprint density at radius 3 is 2.95 bits per heavy atom. The Morgan fingerprint density at radius 2 is 2.26 bits per heavy atom. The summed E-state index contributed by atoms with van der Waals surface area (Å²) in [6, 6.07) is 4.70. The summed E-state index contributed by atoms with van der Waals surface area (Å²) < 4.78 is 24.1. The fourth-order valence-electron chi connectivity index (χ4n) is 1.75. The molecular weight excluding hydrogens is 247 g/mol. The van der Waals surface area contributed by atoms with Crippen LogP contribution < -0.4 is 10.1 Å². The van der Waals surface area contributed by atoms with Crippen LogP contribution in [0.25, 0.3) is 11.3 Å². The van der Waals surface area contributed by atoms with Gasteiger partial charge in [-0.3, -0.25) is 0 Å². The van der Waals surface area contributed by atoms with Crippen molar-refractivity contribution in [1.29, 1.82) is 0 Å². The molecule has 0 aliphatic rings. The predicted molar refractivity (Wildman–Crippen MR) is 70.7 cm³/mol. The summed E-state index contributed by atoms with van der Waals surface area (Å²) >= 11 is 0. The van der Waals surface area contributed by atoms with Crippen LogP contribution in [0.4, 0.5) is 4.39 Å². The quantitative estimate of drug-likeness (QED) is 0.815. The maximum absolute atomic E-state index is 13.6. The number of hydrogen-bond donors (Lipinski definition) is 1. The lowest BCUT2D eigenvalue weighted by molar-refractivity contribution is 0.386. The number of nitrogens with one attached hydrogen (secondary N) is 1. The molecule has 1 heterocycles. The van der Waals surface area contributed by atoms with E-state index in [0.717, 1.165) is 13.1 Å². The Morgan fingerprint density at radius 1 is 1.42 bits per heavy atom. The predicted octanol–water partition coefficient (Wildman–Crippen LogP) is 2.64. The third-order valence-electron chi connectivity index (χ3n) is 2.76. The van der Waals surface area contributed by atoms with Crippen molar-refractivity contribution in [2.24, 2.45) is 0 Å². The number of likely N-dealkylation sites (N-methyl/N-ethyl adjacent to an activating group) is 1. The summed E-state index contributed by atoms with van der Waals surface area (Å²) in [5, 5.41) is 3.19. The van der Waals surface area contributed by atoms with Crippen LogP contribution in [0.5, 0.6) is 5.75 Å². The van der Waals surface area contributed by atoms with E-state index in [1.807, 2.05) is 6.92 Å². The first-order valence-corrected chi connectivity index (χ1v) is 6.24. The van der Waals surface area contributed by atoms with Crippen LogP contribution in [0.15, 0.2) is 28.8 Å². The second-order valence-electron chi connectivity index (χ2n) is 4.07. The molecule has 5 heteroatoms. The molecule has 0 atom stereocenters. The van der Waals surface area contributed by atoms with Crippen molar-refractivity contribution in [3.8, 4) is 17.1 Å². The Labute approximate surface area is 111 Å². The van der Waals surface area contributed by atoms with E-state index in [0.29, 0.717) is 23.6 Å². The van der Waals surface area contributed by atoms with Gasteiger partial charge in [0.05, 0.1) is 13.3 Å². The Balaban J connectivity index is 2.11.